The summed E-state index contributed by atoms with van der Waals surface area (Å²) in [5.41, 5.74) is 4.25. The molecule has 0 bridgehead atoms. The van der Waals surface area contributed by atoms with Crippen molar-refractivity contribution in [2.75, 3.05) is 23.3 Å². The summed E-state index contributed by atoms with van der Waals surface area (Å²) in [7, 11) is 0. The minimum atomic E-state index is -0.785. The minimum absolute atomic E-state index is 0.0337. The van der Waals surface area contributed by atoms with Gasteiger partial charge in [0.05, 0.1) is 5.41 Å². The smallest absolute Gasteiger partial charge is 0.239 e. The lowest BCUT2D eigenvalue weighted by molar-refractivity contribution is -0.119. The van der Waals surface area contributed by atoms with Crippen LogP contribution in [0, 0.1) is 6.92 Å². The highest BCUT2D eigenvalue weighted by Crippen LogP contribution is 2.34. The number of carbonyl (C=O) groups is 1. The molecular formula is C26H30N2O. The average Bonchev–Trinajstić information content (AvgIpc) is 2.77. The second kappa shape index (κ2) is 8.95. The summed E-state index contributed by atoms with van der Waals surface area (Å²) in [6.45, 7) is 10.3. The number of benzene rings is 3. The molecule has 0 fully saturated rings. The van der Waals surface area contributed by atoms with Crippen molar-refractivity contribution in [3.63, 3.8) is 0 Å². The van der Waals surface area contributed by atoms with Crippen LogP contribution in [0.1, 0.15) is 37.5 Å². The largest absolute Gasteiger partial charge is 0.372 e. The number of nitrogens with zero attached hydrogens (tertiary/aromatic N) is 1. The van der Waals surface area contributed by atoms with Gasteiger partial charge in [0, 0.05) is 24.5 Å². The Kier molecular flexibility index (Phi) is 6.38. The molecule has 1 N–H and O–H groups in total. The van der Waals surface area contributed by atoms with Gasteiger partial charge in [0.2, 0.25) is 5.91 Å². The van der Waals surface area contributed by atoms with Gasteiger partial charge in [-0.15, -0.1) is 0 Å². The molecule has 0 unspecified atom stereocenters. The topological polar surface area (TPSA) is 32.3 Å². The van der Waals surface area contributed by atoms with Crippen LogP contribution in [0.3, 0.4) is 0 Å². The Morgan fingerprint density at radius 3 is 1.83 bits per heavy atom. The van der Waals surface area contributed by atoms with Crippen LogP contribution in [0.4, 0.5) is 11.4 Å². The maximum Gasteiger partial charge on any atom is 0.239 e. The summed E-state index contributed by atoms with van der Waals surface area (Å²) in [4.78, 5) is 15.9. The molecule has 0 aliphatic carbocycles. The molecule has 0 saturated carbocycles. The van der Waals surface area contributed by atoms with Crippen LogP contribution >= 0.6 is 0 Å². The normalized spacial score (nSPS) is 11.2. The SMILES string of the molecule is CCN(CC)c1ccc(NC(=O)C(C)(c2ccccc2)c2ccccc2)c(C)c1. The van der Waals surface area contributed by atoms with Gasteiger partial charge >= 0.3 is 0 Å². The average molecular weight is 387 g/mol. The first-order chi connectivity index (χ1) is 14.0. The molecule has 0 atom stereocenters. The second-order valence-electron chi connectivity index (χ2n) is 7.48. The van der Waals surface area contributed by atoms with E-state index in [1.165, 1.54) is 5.69 Å². The van der Waals surface area contributed by atoms with E-state index in [0.29, 0.717) is 0 Å². The van der Waals surface area contributed by atoms with Gasteiger partial charge < -0.3 is 10.2 Å². The van der Waals surface area contributed by atoms with Crippen molar-refractivity contribution in [1.82, 2.24) is 0 Å². The van der Waals surface area contributed by atoms with Crippen LogP contribution in [0.5, 0.6) is 0 Å². The first-order valence-electron chi connectivity index (χ1n) is 10.3. The van der Waals surface area contributed by atoms with E-state index in [2.05, 4.69) is 36.2 Å². The van der Waals surface area contributed by atoms with Gasteiger partial charge in [-0.25, -0.2) is 0 Å². The fourth-order valence-electron chi connectivity index (χ4n) is 3.79. The van der Waals surface area contributed by atoms with E-state index in [1.807, 2.05) is 80.6 Å². The molecule has 1 amide bonds. The monoisotopic (exact) mass is 386 g/mol. The molecule has 3 aromatic carbocycles. The molecule has 0 aliphatic heterocycles. The van der Waals surface area contributed by atoms with E-state index in [0.717, 1.165) is 35.5 Å². The van der Waals surface area contributed by atoms with Gasteiger partial charge in [0.1, 0.15) is 0 Å². The summed E-state index contributed by atoms with van der Waals surface area (Å²) < 4.78 is 0. The molecule has 3 nitrogen and oxygen atoms in total. The molecule has 0 aliphatic rings. The first kappa shape index (κ1) is 20.7. The van der Waals surface area contributed by atoms with Gasteiger partial charge in [0.25, 0.3) is 0 Å². The molecule has 0 spiro atoms. The summed E-state index contributed by atoms with van der Waals surface area (Å²) in [6, 6.07) is 26.2. The maximum atomic E-state index is 13.6. The third kappa shape index (κ3) is 4.19. The molecule has 29 heavy (non-hydrogen) atoms. The van der Waals surface area contributed by atoms with Crippen LogP contribution in [0.15, 0.2) is 78.9 Å². The van der Waals surface area contributed by atoms with Crippen LogP contribution in [0.2, 0.25) is 0 Å². The molecule has 150 valence electrons. The summed E-state index contributed by atoms with van der Waals surface area (Å²) in [6.07, 6.45) is 0. The Balaban J connectivity index is 1.96. The number of anilines is 2. The Labute approximate surface area is 174 Å². The maximum absolute atomic E-state index is 13.6. The van der Waals surface area contributed by atoms with Crippen molar-refractivity contribution in [3.8, 4) is 0 Å². The zero-order chi connectivity index (χ0) is 20.9. The van der Waals surface area contributed by atoms with Crippen LogP contribution < -0.4 is 10.2 Å². The van der Waals surface area contributed by atoms with Gasteiger partial charge in [-0.05, 0) is 62.6 Å². The van der Waals surface area contributed by atoms with Gasteiger partial charge in [-0.2, -0.15) is 0 Å². The fraction of sp³-hybridized carbons (Fsp3) is 0.269. The highest BCUT2D eigenvalue weighted by molar-refractivity contribution is 6.02. The standard InChI is InChI=1S/C26H30N2O/c1-5-28(6-2)23-17-18-24(20(3)19-23)27-25(29)26(4,21-13-9-7-10-14-21)22-15-11-8-12-16-22/h7-19H,5-6H2,1-4H3,(H,27,29). The summed E-state index contributed by atoms with van der Waals surface area (Å²) in [5, 5.41) is 3.19. The summed E-state index contributed by atoms with van der Waals surface area (Å²) >= 11 is 0. The third-order valence-electron chi connectivity index (χ3n) is 5.74. The lowest BCUT2D eigenvalue weighted by Gasteiger charge is -2.30. The minimum Gasteiger partial charge on any atom is -0.372 e. The third-order valence-corrected chi connectivity index (χ3v) is 5.74. The van der Waals surface area contributed by atoms with Crippen molar-refractivity contribution in [2.45, 2.75) is 33.1 Å². The number of hydrogen-bond acceptors (Lipinski definition) is 2. The Morgan fingerprint density at radius 2 is 1.38 bits per heavy atom. The number of carbonyl (C=O) groups excluding carboxylic acids is 1. The lowest BCUT2D eigenvalue weighted by Crippen LogP contribution is -2.39. The van der Waals surface area contributed by atoms with Crippen molar-refractivity contribution < 1.29 is 4.79 Å². The number of aryl methyl sites for hydroxylation is 1. The van der Waals surface area contributed by atoms with E-state index in [1.54, 1.807) is 0 Å². The Bertz CT molecular complexity index is 907. The molecule has 0 heterocycles. The number of rotatable bonds is 7. The van der Waals surface area contributed by atoms with Crippen molar-refractivity contribution >= 4 is 17.3 Å². The second-order valence-corrected chi connectivity index (χ2v) is 7.48. The highest BCUT2D eigenvalue weighted by Gasteiger charge is 2.37. The molecule has 3 heteroatoms. The zero-order valence-electron chi connectivity index (χ0n) is 17.8. The van der Waals surface area contributed by atoms with Crippen LogP contribution in [-0.2, 0) is 10.2 Å². The Hall–Kier alpha value is -3.07. The van der Waals surface area contributed by atoms with E-state index in [4.69, 9.17) is 0 Å². The number of amides is 1. The quantitative estimate of drug-likeness (QED) is 0.558. The van der Waals surface area contributed by atoms with Crippen LogP contribution in [-0.4, -0.2) is 19.0 Å². The fourth-order valence-corrected chi connectivity index (χ4v) is 3.79. The molecular weight excluding hydrogens is 356 g/mol. The van der Waals surface area contributed by atoms with Gasteiger partial charge in [0.15, 0.2) is 0 Å². The molecule has 3 aromatic rings. The van der Waals surface area contributed by atoms with Crippen molar-refractivity contribution in [2.24, 2.45) is 0 Å². The van der Waals surface area contributed by atoms with Crippen molar-refractivity contribution in [1.29, 1.82) is 0 Å². The van der Waals surface area contributed by atoms with E-state index >= 15 is 0 Å². The highest BCUT2D eigenvalue weighted by atomic mass is 16.2. The van der Waals surface area contributed by atoms with Gasteiger partial charge in [-0.1, -0.05) is 60.7 Å². The summed E-state index contributed by atoms with van der Waals surface area (Å²) in [5.74, 6) is -0.0337. The molecule has 0 radical (unpaired) electrons. The van der Waals surface area contributed by atoms with Crippen molar-refractivity contribution in [3.05, 3.63) is 95.6 Å². The van der Waals surface area contributed by atoms with Crippen LogP contribution in [0.25, 0.3) is 0 Å². The van der Waals surface area contributed by atoms with E-state index in [-0.39, 0.29) is 5.91 Å². The predicted molar refractivity (Wildman–Crippen MR) is 123 cm³/mol. The molecule has 3 rings (SSSR count). The number of hydrogen-bond donors (Lipinski definition) is 1. The number of nitrogens with one attached hydrogen (secondary N) is 1. The molecule has 0 aromatic heterocycles. The molecule has 0 saturated heterocycles. The lowest BCUT2D eigenvalue weighted by atomic mass is 9.75. The van der Waals surface area contributed by atoms with E-state index in [9.17, 15) is 4.79 Å². The zero-order valence-corrected chi connectivity index (χ0v) is 17.8. The van der Waals surface area contributed by atoms with Gasteiger partial charge in [-0.3, -0.25) is 4.79 Å². The van der Waals surface area contributed by atoms with E-state index < -0.39 is 5.41 Å². The first-order valence-corrected chi connectivity index (χ1v) is 10.3. The predicted octanol–water partition coefficient (Wildman–Crippen LogP) is 5.79. The Morgan fingerprint density at radius 1 is 0.862 bits per heavy atom.